The molecule has 0 aromatic heterocycles. The third-order valence-corrected chi connectivity index (χ3v) is 4.65. The number of rotatable bonds is 4. The Labute approximate surface area is 148 Å². The van der Waals surface area contributed by atoms with Gasteiger partial charge in [0.1, 0.15) is 16.9 Å². The zero-order valence-corrected chi connectivity index (χ0v) is 14.8. The van der Waals surface area contributed by atoms with Crippen LogP contribution in [-0.2, 0) is 16.1 Å². The molecule has 1 aromatic carbocycles. The minimum absolute atomic E-state index is 0.0993. The largest absolute Gasteiger partial charge is 0.460 e. The zero-order valence-electron chi connectivity index (χ0n) is 11.8. The lowest BCUT2D eigenvalue weighted by Gasteiger charge is -2.08. The van der Waals surface area contributed by atoms with E-state index in [2.05, 4.69) is 0 Å². The summed E-state index contributed by atoms with van der Waals surface area (Å²) in [5, 5.41) is 0.166. The van der Waals surface area contributed by atoms with Gasteiger partial charge in [-0.15, -0.1) is 0 Å². The maximum Gasteiger partial charge on any atom is 0.310 e. The van der Waals surface area contributed by atoms with E-state index in [0.29, 0.717) is 0 Å². The fraction of sp³-hybridized carbons (Fsp3) is 0.400. The molecule has 1 fully saturated rings. The molecule has 2 rings (SSSR count). The van der Waals surface area contributed by atoms with Crippen LogP contribution < -0.4 is 0 Å². The van der Waals surface area contributed by atoms with Crippen molar-refractivity contribution in [2.24, 2.45) is 17.3 Å². The van der Waals surface area contributed by atoms with Gasteiger partial charge in [0.15, 0.2) is 0 Å². The highest BCUT2D eigenvalue weighted by Crippen LogP contribution is 2.60. The van der Waals surface area contributed by atoms with Gasteiger partial charge in [0.05, 0.1) is 10.9 Å². The average molecular weight is 386 g/mol. The van der Waals surface area contributed by atoms with Gasteiger partial charge < -0.3 is 4.74 Å². The van der Waals surface area contributed by atoms with Gasteiger partial charge in [0.25, 0.3) is 0 Å². The maximum absolute atomic E-state index is 13.8. The van der Waals surface area contributed by atoms with Crippen molar-refractivity contribution in [1.29, 1.82) is 0 Å². The average Bonchev–Trinajstić information content (AvgIpc) is 2.92. The standard InChI is InChI=1S/C15H13Cl4FO2/c1-15(2)9(5-11(18)19)12(15)14(21)22-6-7-3-8(16)4-10(17)13(7)20/h3-5,9,12H,6H2,1-2H3. The smallest absolute Gasteiger partial charge is 0.310 e. The van der Waals surface area contributed by atoms with Crippen molar-refractivity contribution < 1.29 is 13.9 Å². The van der Waals surface area contributed by atoms with E-state index in [1.54, 1.807) is 6.08 Å². The van der Waals surface area contributed by atoms with Gasteiger partial charge in [0.2, 0.25) is 0 Å². The molecule has 0 radical (unpaired) electrons. The number of hydrogen-bond donors (Lipinski definition) is 0. The van der Waals surface area contributed by atoms with Crippen LogP contribution in [0.2, 0.25) is 10.0 Å². The predicted octanol–water partition coefficient (Wildman–Crippen LogP) is 5.77. The summed E-state index contributed by atoms with van der Waals surface area (Å²) >= 11 is 22.8. The van der Waals surface area contributed by atoms with Crippen molar-refractivity contribution in [3.05, 3.63) is 44.1 Å². The second kappa shape index (κ2) is 6.56. The number of hydrogen-bond acceptors (Lipinski definition) is 2. The van der Waals surface area contributed by atoms with Crippen LogP contribution in [0.5, 0.6) is 0 Å². The molecule has 0 N–H and O–H groups in total. The highest BCUT2D eigenvalue weighted by Gasteiger charge is 2.61. The van der Waals surface area contributed by atoms with Crippen molar-refractivity contribution in [2.75, 3.05) is 0 Å². The number of esters is 1. The molecule has 2 nitrogen and oxygen atoms in total. The summed E-state index contributed by atoms with van der Waals surface area (Å²) in [4.78, 5) is 12.1. The van der Waals surface area contributed by atoms with E-state index in [-0.39, 0.29) is 44.0 Å². The Hall–Kier alpha value is -0.480. The van der Waals surface area contributed by atoms with Crippen LogP contribution in [0, 0.1) is 23.1 Å². The molecule has 2 atom stereocenters. The summed E-state index contributed by atoms with van der Waals surface area (Å²) in [5.41, 5.74) is -0.164. The number of carbonyl (C=O) groups is 1. The van der Waals surface area contributed by atoms with Gasteiger partial charge in [-0.3, -0.25) is 4.79 Å². The Balaban J connectivity index is 2.04. The van der Waals surface area contributed by atoms with Crippen molar-refractivity contribution >= 4 is 52.4 Å². The lowest BCUT2D eigenvalue weighted by molar-refractivity contribution is -0.147. The summed E-state index contributed by atoms with van der Waals surface area (Å²) in [6.45, 7) is 3.59. The van der Waals surface area contributed by atoms with E-state index in [4.69, 9.17) is 51.1 Å². The van der Waals surface area contributed by atoms with Gasteiger partial charge in [-0.2, -0.15) is 0 Å². The van der Waals surface area contributed by atoms with Gasteiger partial charge in [-0.1, -0.05) is 60.3 Å². The van der Waals surface area contributed by atoms with E-state index in [1.807, 2.05) is 13.8 Å². The van der Waals surface area contributed by atoms with Crippen LogP contribution in [0.3, 0.4) is 0 Å². The number of halogens is 5. The lowest BCUT2D eigenvalue weighted by Crippen LogP contribution is -2.11. The Morgan fingerprint density at radius 2 is 2.00 bits per heavy atom. The Kier molecular flexibility index (Phi) is 5.33. The SMILES string of the molecule is CC1(C)C(C=C(Cl)Cl)C1C(=O)OCc1cc(Cl)cc(Cl)c1F. The summed E-state index contributed by atoms with van der Waals surface area (Å²) in [6.07, 6.45) is 1.62. The molecule has 7 heteroatoms. The van der Waals surface area contributed by atoms with Crippen molar-refractivity contribution in [2.45, 2.75) is 20.5 Å². The molecule has 1 saturated carbocycles. The molecule has 1 aliphatic rings. The molecule has 1 aliphatic carbocycles. The molecular weight excluding hydrogens is 373 g/mol. The van der Waals surface area contributed by atoms with Crippen LogP contribution in [0.1, 0.15) is 19.4 Å². The second-order valence-electron chi connectivity index (χ2n) is 5.75. The maximum atomic E-state index is 13.8. The van der Waals surface area contributed by atoms with Gasteiger partial charge in [0, 0.05) is 10.6 Å². The van der Waals surface area contributed by atoms with Crippen molar-refractivity contribution in [3.63, 3.8) is 0 Å². The summed E-state index contributed by atoms with van der Waals surface area (Å²) in [7, 11) is 0. The quantitative estimate of drug-likeness (QED) is 0.486. The minimum atomic E-state index is -0.644. The molecule has 0 bridgehead atoms. The number of benzene rings is 1. The van der Waals surface area contributed by atoms with Crippen molar-refractivity contribution in [1.82, 2.24) is 0 Å². The number of carbonyl (C=O) groups excluding carboxylic acids is 1. The molecule has 2 unspecified atom stereocenters. The molecular formula is C15H13Cl4FO2. The van der Waals surface area contributed by atoms with Crippen LogP contribution in [0.15, 0.2) is 22.7 Å². The molecule has 1 aromatic rings. The van der Waals surface area contributed by atoms with Crippen LogP contribution >= 0.6 is 46.4 Å². The van der Waals surface area contributed by atoms with Gasteiger partial charge in [-0.25, -0.2) is 4.39 Å². The molecule has 0 amide bonds. The molecule has 0 aliphatic heterocycles. The third kappa shape index (κ3) is 3.70. The Morgan fingerprint density at radius 1 is 1.36 bits per heavy atom. The molecule has 22 heavy (non-hydrogen) atoms. The first-order chi connectivity index (χ1) is 10.1. The first kappa shape index (κ1) is 17.9. The van der Waals surface area contributed by atoms with Crippen molar-refractivity contribution in [3.8, 4) is 0 Å². The Morgan fingerprint density at radius 3 is 2.59 bits per heavy atom. The highest BCUT2D eigenvalue weighted by molar-refractivity contribution is 6.55. The number of allylic oxidation sites excluding steroid dienone is 1. The first-order valence-corrected chi connectivity index (χ1v) is 7.98. The van der Waals surface area contributed by atoms with Gasteiger partial charge in [-0.05, 0) is 29.5 Å². The fourth-order valence-corrected chi connectivity index (χ4v) is 3.33. The molecule has 0 saturated heterocycles. The monoisotopic (exact) mass is 384 g/mol. The van der Waals surface area contributed by atoms with Crippen LogP contribution in [0.25, 0.3) is 0 Å². The predicted molar refractivity (Wildman–Crippen MR) is 86.8 cm³/mol. The molecule has 0 heterocycles. The lowest BCUT2D eigenvalue weighted by atomic mass is 10.1. The molecule has 0 spiro atoms. The van der Waals surface area contributed by atoms with E-state index in [0.717, 1.165) is 0 Å². The van der Waals surface area contributed by atoms with E-state index >= 15 is 0 Å². The summed E-state index contributed by atoms with van der Waals surface area (Å²) < 4.78 is 19.1. The summed E-state index contributed by atoms with van der Waals surface area (Å²) in [5.74, 6) is -1.54. The van der Waals surface area contributed by atoms with E-state index in [1.165, 1.54) is 12.1 Å². The highest BCUT2D eigenvalue weighted by atomic mass is 35.5. The summed E-state index contributed by atoms with van der Waals surface area (Å²) in [6, 6.07) is 2.66. The minimum Gasteiger partial charge on any atom is -0.460 e. The third-order valence-electron chi connectivity index (χ3n) is 3.91. The topological polar surface area (TPSA) is 26.3 Å². The first-order valence-electron chi connectivity index (χ1n) is 6.47. The van der Waals surface area contributed by atoms with Crippen LogP contribution in [-0.4, -0.2) is 5.97 Å². The van der Waals surface area contributed by atoms with Gasteiger partial charge >= 0.3 is 5.97 Å². The van der Waals surface area contributed by atoms with Crippen LogP contribution in [0.4, 0.5) is 4.39 Å². The zero-order chi connectivity index (χ0) is 16.7. The Bertz CT molecular complexity index is 639. The second-order valence-corrected chi connectivity index (χ2v) is 7.60. The van der Waals surface area contributed by atoms with E-state index < -0.39 is 11.8 Å². The normalized spacial score (nSPS) is 22.1. The van der Waals surface area contributed by atoms with E-state index in [9.17, 15) is 9.18 Å². The number of ether oxygens (including phenoxy) is 1. The fourth-order valence-electron chi connectivity index (χ4n) is 2.53. The molecule has 120 valence electrons.